The van der Waals surface area contributed by atoms with Crippen molar-refractivity contribution in [2.24, 2.45) is 0 Å². The van der Waals surface area contributed by atoms with Gasteiger partial charge >= 0.3 is 0 Å². The Morgan fingerprint density at radius 1 is 1.36 bits per heavy atom. The Morgan fingerprint density at radius 2 is 2.00 bits per heavy atom. The van der Waals surface area contributed by atoms with E-state index < -0.39 is 10.0 Å². The van der Waals surface area contributed by atoms with E-state index in [-0.39, 0.29) is 5.75 Å². The molecule has 0 atom stereocenters. The summed E-state index contributed by atoms with van der Waals surface area (Å²) in [7, 11) is -2.11. The van der Waals surface area contributed by atoms with E-state index in [9.17, 15) is 8.42 Å². The lowest BCUT2D eigenvalue weighted by Gasteiger charge is -2.06. The van der Waals surface area contributed by atoms with E-state index in [2.05, 4.69) is 4.84 Å². The zero-order valence-electron chi connectivity index (χ0n) is 8.15. The van der Waals surface area contributed by atoms with Crippen molar-refractivity contribution in [2.75, 3.05) is 7.11 Å². The van der Waals surface area contributed by atoms with E-state index in [4.69, 9.17) is 0 Å². The highest BCUT2D eigenvalue weighted by Crippen LogP contribution is 2.10. The third-order valence-electron chi connectivity index (χ3n) is 1.82. The Balaban J connectivity index is 2.84. The molecule has 0 bridgehead atoms. The van der Waals surface area contributed by atoms with Gasteiger partial charge in [-0.1, -0.05) is 29.2 Å². The van der Waals surface area contributed by atoms with Gasteiger partial charge < -0.3 is 0 Å². The number of benzene rings is 1. The molecule has 1 rings (SSSR count). The third kappa shape index (κ3) is 3.10. The van der Waals surface area contributed by atoms with Crippen LogP contribution in [0.4, 0.5) is 0 Å². The molecule has 0 saturated carbocycles. The summed E-state index contributed by atoms with van der Waals surface area (Å²) in [6.07, 6.45) is 0. The first-order chi connectivity index (χ1) is 6.55. The SMILES string of the molecule is CONS(=O)(=O)Cc1ccccc1C. The summed E-state index contributed by atoms with van der Waals surface area (Å²) in [6.45, 7) is 1.87. The van der Waals surface area contributed by atoms with Crippen molar-refractivity contribution in [2.45, 2.75) is 12.7 Å². The van der Waals surface area contributed by atoms with Gasteiger partial charge in [0, 0.05) is 0 Å². The van der Waals surface area contributed by atoms with E-state index >= 15 is 0 Å². The van der Waals surface area contributed by atoms with Crippen LogP contribution < -0.4 is 4.89 Å². The first-order valence-corrected chi connectivity index (χ1v) is 5.77. The molecule has 0 aliphatic rings. The number of hydrogen-bond acceptors (Lipinski definition) is 3. The summed E-state index contributed by atoms with van der Waals surface area (Å²) in [5, 5.41) is 0. The zero-order chi connectivity index (χ0) is 10.6. The Kier molecular flexibility index (Phi) is 3.62. The molecule has 0 unspecified atom stereocenters. The number of nitrogens with one attached hydrogen (secondary N) is 1. The maximum atomic E-state index is 11.3. The number of rotatable bonds is 4. The van der Waals surface area contributed by atoms with Crippen molar-refractivity contribution in [3.8, 4) is 0 Å². The summed E-state index contributed by atoms with van der Waals surface area (Å²) in [5.41, 5.74) is 1.73. The summed E-state index contributed by atoms with van der Waals surface area (Å²) in [4.78, 5) is 6.35. The topological polar surface area (TPSA) is 55.4 Å². The van der Waals surface area contributed by atoms with Crippen LogP contribution in [0.15, 0.2) is 24.3 Å². The smallest absolute Gasteiger partial charge is 0.237 e. The van der Waals surface area contributed by atoms with Crippen molar-refractivity contribution in [3.05, 3.63) is 35.4 Å². The van der Waals surface area contributed by atoms with Gasteiger partial charge in [-0.3, -0.25) is 4.84 Å². The van der Waals surface area contributed by atoms with Gasteiger partial charge in [-0.25, -0.2) is 8.42 Å². The van der Waals surface area contributed by atoms with E-state index in [0.717, 1.165) is 11.1 Å². The second-order valence-electron chi connectivity index (χ2n) is 2.97. The summed E-state index contributed by atoms with van der Waals surface area (Å²) < 4.78 is 22.6. The fraction of sp³-hybridized carbons (Fsp3) is 0.333. The van der Waals surface area contributed by atoms with Gasteiger partial charge in [0.15, 0.2) is 0 Å². The summed E-state index contributed by atoms with van der Waals surface area (Å²) >= 11 is 0. The molecule has 0 heterocycles. The van der Waals surface area contributed by atoms with Crippen molar-refractivity contribution in [1.82, 2.24) is 4.89 Å². The molecule has 0 aliphatic heterocycles. The lowest BCUT2D eigenvalue weighted by atomic mass is 10.1. The van der Waals surface area contributed by atoms with Crippen LogP contribution >= 0.6 is 0 Å². The van der Waals surface area contributed by atoms with Gasteiger partial charge in [0.25, 0.3) is 0 Å². The quantitative estimate of drug-likeness (QED) is 0.762. The van der Waals surface area contributed by atoms with E-state index in [0.29, 0.717) is 0 Å². The Bertz CT molecular complexity index is 400. The third-order valence-corrected chi connectivity index (χ3v) is 2.93. The van der Waals surface area contributed by atoms with E-state index in [1.807, 2.05) is 30.0 Å². The predicted molar refractivity (Wildman–Crippen MR) is 53.9 cm³/mol. The van der Waals surface area contributed by atoms with Gasteiger partial charge in [-0.05, 0) is 18.1 Å². The molecule has 5 heteroatoms. The highest BCUT2D eigenvalue weighted by atomic mass is 32.2. The standard InChI is InChI=1S/C9H13NO3S/c1-8-5-3-4-6-9(8)7-14(11,12)10-13-2/h3-6,10H,7H2,1-2H3. The molecule has 0 spiro atoms. The highest BCUT2D eigenvalue weighted by molar-refractivity contribution is 7.88. The molecule has 1 aromatic rings. The lowest BCUT2D eigenvalue weighted by Crippen LogP contribution is -2.24. The van der Waals surface area contributed by atoms with Crippen LogP contribution in [0.3, 0.4) is 0 Å². The number of hydrogen-bond donors (Lipinski definition) is 1. The van der Waals surface area contributed by atoms with Crippen molar-refractivity contribution < 1.29 is 13.3 Å². The minimum absolute atomic E-state index is 0.0620. The molecule has 1 N–H and O–H groups in total. The van der Waals surface area contributed by atoms with Crippen LogP contribution in [0.2, 0.25) is 0 Å². The van der Waals surface area contributed by atoms with Crippen molar-refractivity contribution >= 4 is 10.0 Å². The molecule has 4 nitrogen and oxygen atoms in total. The minimum atomic E-state index is -3.38. The molecular formula is C9H13NO3S. The van der Waals surface area contributed by atoms with Gasteiger partial charge in [0.1, 0.15) is 0 Å². The number of sulfonamides is 1. The molecule has 0 radical (unpaired) electrons. The highest BCUT2D eigenvalue weighted by Gasteiger charge is 2.11. The second-order valence-corrected chi connectivity index (χ2v) is 4.66. The molecule has 0 aromatic heterocycles. The molecular weight excluding hydrogens is 202 g/mol. The summed E-state index contributed by atoms with van der Waals surface area (Å²) in [6, 6.07) is 7.34. The predicted octanol–water partition coefficient (Wildman–Crippen LogP) is 0.976. The van der Waals surface area contributed by atoms with E-state index in [1.165, 1.54) is 7.11 Å². The monoisotopic (exact) mass is 215 g/mol. The largest absolute Gasteiger partial charge is 0.290 e. The van der Waals surface area contributed by atoms with Crippen LogP contribution in [-0.4, -0.2) is 15.5 Å². The Hall–Kier alpha value is -0.910. The first kappa shape index (κ1) is 11.2. The van der Waals surface area contributed by atoms with Crippen molar-refractivity contribution in [1.29, 1.82) is 0 Å². The maximum absolute atomic E-state index is 11.3. The van der Waals surface area contributed by atoms with Gasteiger partial charge in [-0.15, -0.1) is 0 Å². The van der Waals surface area contributed by atoms with Crippen molar-refractivity contribution in [3.63, 3.8) is 0 Å². The average Bonchev–Trinajstić information content (AvgIpc) is 2.08. The molecule has 0 amide bonds. The molecule has 1 aromatic carbocycles. The second kappa shape index (κ2) is 4.54. The maximum Gasteiger partial charge on any atom is 0.237 e. The first-order valence-electron chi connectivity index (χ1n) is 4.12. The minimum Gasteiger partial charge on any atom is -0.290 e. The van der Waals surface area contributed by atoms with Crippen LogP contribution in [-0.2, 0) is 20.6 Å². The average molecular weight is 215 g/mol. The normalized spacial score (nSPS) is 11.6. The molecule has 0 saturated heterocycles. The fourth-order valence-electron chi connectivity index (χ4n) is 1.13. The fourth-order valence-corrected chi connectivity index (χ4v) is 2.18. The van der Waals surface area contributed by atoms with Crippen LogP contribution in [0.5, 0.6) is 0 Å². The van der Waals surface area contributed by atoms with Crippen LogP contribution in [0.25, 0.3) is 0 Å². The number of aryl methyl sites for hydroxylation is 1. The summed E-state index contributed by atoms with van der Waals surface area (Å²) in [5.74, 6) is -0.0620. The Labute approximate surface area is 83.9 Å². The molecule has 0 fully saturated rings. The van der Waals surface area contributed by atoms with Gasteiger partial charge in [0.2, 0.25) is 10.0 Å². The molecule has 78 valence electrons. The van der Waals surface area contributed by atoms with Crippen LogP contribution in [0, 0.1) is 6.92 Å². The van der Waals surface area contributed by atoms with Crippen LogP contribution in [0.1, 0.15) is 11.1 Å². The molecule has 0 aliphatic carbocycles. The van der Waals surface area contributed by atoms with Gasteiger partial charge in [0.05, 0.1) is 12.9 Å². The van der Waals surface area contributed by atoms with Gasteiger partial charge in [-0.2, -0.15) is 0 Å². The lowest BCUT2D eigenvalue weighted by molar-refractivity contribution is 0.153. The molecule has 14 heavy (non-hydrogen) atoms. The zero-order valence-corrected chi connectivity index (χ0v) is 8.97. The Morgan fingerprint density at radius 3 is 2.57 bits per heavy atom. The van der Waals surface area contributed by atoms with E-state index in [1.54, 1.807) is 6.07 Å².